The van der Waals surface area contributed by atoms with E-state index in [4.69, 9.17) is 11.5 Å². The molecular formula is C44H60N2. The summed E-state index contributed by atoms with van der Waals surface area (Å²) in [6, 6.07) is 36.1. The van der Waals surface area contributed by atoms with Gasteiger partial charge in [-0.2, -0.15) is 0 Å². The van der Waals surface area contributed by atoms with E-state index in [9.17, 15) is 0 Å². The molecule has 246 valence electrons. The Morgan fingerprint density at radius 2 is 0.739 bits per heavy atom. The third kappa shape index (κ3) is 11.1. The Morgan fingerprint density at radius 3 is 1.11 bits per heavy atom. The van der Waals surface area contributed by atoms with Gasteiger partial charge < -0.3 is 11.5 Å². The van der Waals surface area contributed by atoms with Crippen LogP contribution in [0, 0.1) is 5.92 Å². The number of hydrogen-bond acceptors (Lipinski definition) is 2. The largest absolute Gasteiger partial charge is 0.399 e. The minimum Gasteiger partial charge on any atom is -0.399 e. The second-order valence-corrected chi connectivity index (χ2v) is 13.7. The van der Waals surface area contributed by atoms with Crippen molar-refractivity contribution >= 4 is 11.4 Å². The first-order chi connectivity index (χ1) is 22.5. The first kappa shape index (κ1) is 35.3. The highest BCUT2D eigenvalue weighted by atomic mass is 14.5. The standard InChI is InChI=1S/C44H60N2/c1-4-7-8-9-10-11-12-15-36(32-34-16-20-37(21-17-34)43(13-5-2)39-24-28-41(45)29-25-39)33-35-18-22-38(23-19-35)44(14-6-3)40-26-30-42(46)31-27-40/h16-31,36,43-44H,4-15,32-33,45-46H2,1-3H3. The lowest BCUT2D eigenvalue weighted by Crippen LogP contribution is -2.10. The highest BCUT2D eigenvalue weighted by molar-refractivity contribution is 5.44. The van der Waals surface area contributed by atoms with Crippen LogP contribution in [-0.2, 0) is 12.8 Å². The second-order valence-electron chi connectivity index (χ2n) is 13.7. The van der Waals surface area contributed by atoms with Gasteiger partial charge in [-0.15, -0.1) is 0 Å². The van der Waals surface area contributed by atoms with E-state index >= 15 is 0 Å². The van der Waals surface area contributed by atoms with Gasteiger partial charge in [0.25, 0.3) is 0 Å². The van der Waals surface area contributed by atoms with Crippen molar-refractivity contribution in [3.63, 3.8) is 0 Å². The van der Waals surface area contributed by atoms with Crippen LogP contribution in [0.1, 0.15) is 143 Å². The fourth-order valence-electron chi connectivity index (χ4n) is 7.19. The summed E-state index contributed by atoms with van der Waals surface area (Å²) in [6.07, 6.45) is 17.8. The zero-order valence-electron chi connectivity index (χ0n) is 29.0. The Hall–Kier alpha value is -3.52. The molecule has 0 radical (unpaired) electrons. The summed E-state index contributed by atoms with van der Waals surface area (Å²) < 4.78 is 0. The first-order valence-corrected chi connectivity index (χ1v) is 18.4. The predicted molar refractivity (Wildman–Crippen MR) is 202 cm³/mol. The van der Waals surface area contributed by atoms with Gasteiger partial charge in [0, 0.05) is 23.2 Å². The van der Waals surface area contributed by atoms with Crippen molar-refractivity contribution in [2.24, 2.45) is 5.92 Å². The van der Waals surface area contributed by atoms with Gasteiger partial charge >= 0.3 is 0 Å². The van der Waals surface area contributed by atoms with Gasteiger partial charge in [0.15, 0.2) is 0 Å². The van der Waals surface area contributed by atoms with Crippen LogP contribution in [-0.4, -0.2) is 0 Å². The molecule has 0 aliphatic carbocycles. The average molecular weight is 617 g/mol. The molecule has 0 saturated carbocycles. The van der Waals surface area contributed by atoms with Crippen LogP contribution in [0.4, 0.5) is 11.4 Å². The van der Waals surface area contributed by atoms with Crippen LogP contribution < -0.4 is 11.5 Å². The van der Waals surface area contributed by atoms with Gasteiger partial charge in [-0.1, -0.05) is 151 Å². The van der Waals surface area contributed by atoms with Crippen molar-refractivity contribution in [3.8, 4) is 0 Å². The van der Waals surface area contributed by atoms with Gasteiger partial charge in [0.1, 0.15) is 0 Å². The van der Waals surface area contributed by atoms with Gasteiger partial charge in [0.2, 0.25) is 0 Å². The molecule has 0 amide bonds. The Morgan fingerprint density at radius 1 is 0.391 bits per heavy atom. The van der Waals surface area contributed by atoms with Crippen molar-refractivity contribution in [2.45, 2.75) is 122 Å². The molecule has 4 N–H and O–H groups in total. The third-order valence-corrected chi connectivity index (χ3v) is 9.86. The minimum atomic E-state index is 0.423. The number of unbranched alkanes of at least 4 members (excludes halogenated alkanes) is 6. The fourth-order valence-corrected chi connectivity index (χ4v) is 7.19. The summed E-state index contributed by atoms with van der Waals surface area (Å²) in [5.74, 6) is 1.50. The van der Waals surface area contributed by atoms with E-state index in [1.165, 1.54) is 84.7 Å². The summed E-state index contributed by atoms with van der Waals surface area (Å²) in [5.41, 5.74) is 22.1. The maximum Gasteiger partial charge on any atom is 0.0314 e. The third-order valence-electron chi connectivity index (χ3n) is 9.86. The SMILES string of the molecule is CCCCCCCCCC(Cc1ccc(C(CCC)c2ccc(N)cc2)cc1)Cc1ccc(C(CCC)c2ccc(N)cc2)cc1. The Bertz CT molecular complexity index is 1270. The van der Waals surface area contributed by atoms with Gasteiger partial charge in [-0.05, 0) is 95.7 Å². The molecule has 4 rings (SSSR count). The molecule has 0 spiro atoms. The van der Waals surface area contributed by atoms with Crippen LogP contribution in [0.25, 0.3) is 0 Å². The van der Waals surface area contributed by atoms with Crippen molar-refractivity contribution in [3.05, 3.63) is 130 Å². The Labute approximate surface area is 281 Å². The molecular weight excluding hydrogens is 556 g/mol. The lowest BCUT2D eigenvalue weighted by atomic mass is 9.84. The Kier molecular flexibility index (Phi) is 14.8. The van der Waals surface area contributed by atoms with Crippen molar-refractivity contribution in [1.82, 2.24) is 0 Å². The minimum absolute atomic E-state index is 0.423. The number of hydrogen-bond donors (Lipinski definition) is 2. The smallest absolute Gasteiger partial charge is 0.0314 e. The molecule has 46 heavy (non-hydrogen) atoms. The van der Waals surface area contributed by atoms with Crippen molar-refractivity contribution < 1.29 is 0 Å². The van der Waals surface area contributed by atoms with E-state index in [2.05, 4.69) is 93.6 Å². The van der Waals surface area contributed by atoms with Crippen LogP contribution in [0.5, 0.6) is 0 Å². The van der Waals surface area contributed by atoms with E-state index in [-0.39, 0.29) is 0 Å². The zero-order chi connectivity index (χ0) is 32.6. The summed E-state index contributed by atoms with van der Waals surface area (Å²) in [6.45, 7) is 6.86. The number of rotatable bonds is 20. The number of anilines is 2. The normalized spacial score (nSPS) is 13.4. The molecule has 2 atom stereocenters. The summed E-state index contributed by atoms with van der Waals surface area (Å²) >= 11 is 0. The highest BCUT2D eigenvalue weighted by Gasteiger charge is 2.17. The number of nitrogen functional groups attached to an aromatic ring is 2. The molecule has 0 heterocycles. The maximum atomic E-state index is 5.99. The van der Waals surface area contributed by atoms with Crippen molar-refractivity contribution in [2.75, 3.05) is 11.5 Å². The molecule has 0 aliphatic rings. The van der Waals surface area contributed by atoms with Crippen LogP contribution in [0.15, 0.2) is 97.1 Å². The fraction of sp³-hybridized carbons (Fsp3) is 0.455. The van der Waals surface area contributed by atoms with E-state index in [0.717, 1.165) is 49.9 Å². The predicted octanol–water partition coefficient (Wildman–Crippen LogP) is 12.3. The van der Waals surface area contributed by atoms with Crippen LogP contribution in [0.3, 0.4) is 0 Å². The lowest BCUT2D eigenvalue weighted by Gasteiger charge is -2.21. The first-order valence-electron chi connectivity index (χ1n) is 18.4. The topological polar surface area (TPSA) is 52.0 Å². The quantitative estimate of drug-likeness (QED) is 0.0766. The molecule has 4 aromatic carbocycles. The van der Waals surface area contributed by atoms with E-state index in [1.807, 2.05) is 24.3 Å². The van der Waals surface area contributed by atoms with Crippen molar-refractivity contribution in [1.29, 1.82) is 0 Å². The van der Waals surface area contributed by atoms with Crippen LogP contribution >= 0.6 is 0 Å². The maximum absolute atomic E-state index is 5.99. The van der Waals surface area contributed by atoms with E-state index in [0.29, 0.717) is 17.8 Å². The average Bonchev–Trinajstić information content (AvgIpc) is 3.07. The Balaban J connectivity index is 1.45. The summed E-state index contributed by atoms with van der Waals surface area (Å²) in [4.78, 5) is 0. The highest BCUT2D eigenvalue weighted by Crippen LogP contribution is 2.32. The number of nitrogens with two attached hydrogens (primary N) is 2. The monoisotopic (exact) mass is 616 g/mol. The summed E-state index contributed by atoms with van der Waals surface area (Å²) in [7, 11) is 0. The molecule has 0 aliphatic heterocycles. The number of benzene rings is 4. The van der Waals surface area contributed by atoms with E-state index < -0.39 is 0 Å². The lowest BCUT2D eigenvalue weighted by molar-refractivity contribution is 0.444. The second kappa shape index (κ2) is 19.2. The molecule has 4 aromatic rings. The van der Waals surface area contributed by atoms with Crippen LogP contribution in [0.2, 0.25) is 0 Å². The molecule has 0 saturated heterocycles. The molecule has 2 unspecified atom stereocenters. The summed E-state index contributed by atoms with van der Waals surface area (Å²) in [5, 5.41) is 0. The van der Waals surface area contributed by atoms with E-state index in [1.54, 1.807) is 0 Å². The zero-order valence-corrected chi connectivity index (χ0v) is 29.0. The molecule has 0 fully saturated rings. The molecule has 0 bridgehead atoms. The molecule has 2 nitrogen and oxygen atoms in total. The van der Waals surface area contributed by atoms with Gasteiger partial charge in [-0.25, -0.2) is 0 Å². The molecule has 0 aromatic heterocycles. The van der Waals surface area contributed by atoms with Gasteiger partial charge in [-0.3, -0.25) is 0 Å². The van der Waals surface area contributed by atoms with Gasteiger partial charge in [0.05, 0.1) is 0 Å². The molecule has 2 heteroatoms.